The van der Waals surface area contributed by atoms with Gasteiger partial charge in [0.2, 0.25) is 11.8 Å². The molecule has 0 aliphatic rings. The molecule has 5 rings (SSSR count). The Morgan fingerprint density at radius 2 is 1.00 bits per heavy atom. The van der Waals surface area contributed by atoms with Crippen molar-refractivity contribution < 1.29 is 29.4 Å². The first-order valence-electron chi connectivity index (χ1n) is 16.3. The average Bonchev–Trinajstić information content (AvgIpc) is 3.63. The fourth-order valence-electron chi connectivity index (χ4n) is 5.20. The molecule has 0 saturated carbocycles. The summed E-state index contributed by atoms with van der Waals surface area (Å²) in [6.45, 7) is 5.91. The maximum Gasteiger partial charge on any atom is 0.262 e. The lowest BCUT2D eigenvalue weighted by atomic mass is 9.95. The van der Waals surface area contributed by atoms with E-state index in [0.717, 1.165) is 16.8 Å². The largest absolute Gasteiger partial charge is 0.376 e. The number of hydrogen-bond donors (Lipinski definition) is 7. The highest BCUT2D eigenvalue weighted by Crippen LogP contribution is 2.27. The second-order valence-corrected chi connectivity index (χ2v) is 12.6. The second-order valence-electron chi connectivity index (χ2n) is 12.6. The SMILES string of the molecule is C[C@H](Nc1ccc(-c2cc(-c3ccc(N[C@@H](C)C(=O)NC(=O)[C@@](C)(O)c4ccccc4)cc3)[nH]n2)cc1)C(=O)NC(=O)[C@@](C)(O)c1ccccc1. The quantitative estimate of drug-likeness (QED) is 0.0995. The number of aromatic amines is 1. The molecule has 12 nitrogen and oxygen atoms in total. The average molecular weight is 689 g/mol. The molecule has 0 saturated heterocycles. The Kier molecular flexibility index (Phi) is 10.8. The van der Waals surface area contributed by atoms with Crippen LogP contribution in [0, 0.1) is 0 Å². The first kappa shape index (κ1) is 36.2. The third kappa shape index (κ3) is 8.55. The number of anilines is 2. The van der Waals surface area contributed by atoms with Crippen molar-refractivity contribution in [2.45, 2.75) is 51.0 Å². The normalized spacial score (nSPS) is 14.5. The molecule has 0 fully saturated rings. The van der Waals surface area contributed by atoms with Crippen LogP contribution in [0.5, 0.6) is 0 Å². The van der Waals surface area contributed by atoms with E-state index in [1.807, 2.05) is 30.3 Å². The zero-order chi connectivity index (χ0) is 36.8. The standard InChI is InChI=1S/C39H40N6O6/c1-24(34(46)42-36(48)38(3,50)28-11-7-5-8-12-28)40-30-19-15-26(16-20-30)32-23-33(45-44-32)27-17-21-31(22-18-27)41-25(2)35(47)43-37(49)39(4,51)29-13-9-6-10-14-29/h5-25,40-41,50-51H,1-4H3,(H,44,45)(H,42,46,48)(H,43,47,49)/t24-,25-,38-,39-/m0/s1. The molecule has 1 heterocycles. The molecule has 262 valence electrons. The molecule has 0 unspecified atom stereocenters. The number of rotatable bonds is 12. The van der Waals surface area contributed by atoms with Gasteiger partial charge in [-0.2, -0.15) is 5.10 Å². The first-order valence-corrected chi connectivity index (χ1v) is 16.3. The number of amides is 4. The lowest BCUT2D eigenvalue weighted by molar-refractivity contribution is -0.144. The van der Waals surface area contributed by atoms with E-state index in [1.54, 1.807) is 98.8 Å². The van der Waals surface area contributed by atoms with Crippen LogP contribution in [0.25, 0.3) is 22.5 Å². The predicted octanol–water partition coefficient (Wildman–Crippen LogP) is 4.45. The Balaban J connectivity index is 1.13. The van der Waals surface area contributed by atoms with Crippen LogP contribution in [-0.2, 0) is 30.4 Å². The molecule has 12 heteroatoms. The van der Waals surface area contributed by atoms with Gasteiger partial charge in [0, 0.05) is 16.9 Å². The molecule has 7 N–H and O–H groups in total. The van der Waals surface area contributed by atoms with Gasteiger partial charge in [-0.15, -0.1) is 0 Å². The lowest BCUT2D eigenvalue weighted by Gasteiger charge is -2.23. The molecule has 51 heavy (non-hydrogen) atoms. The molecule has 4 aromatic carbocycles. The van der Waals surface area contributed by atoms with Crippen molar-refractivity contribution in [1.29, 1.82) is 0 Å². The highest BCUT2D eigenvalue weighted by atomic mass is 16.3. The number of nitrogens with zero attached hydrogens (tertiary/aromatic N) is 1. The summed E-state index contributed by atoms with van der Waals surface area (Å²) in [5.74, 6) is -2.80. The summed E-state index contributed by atoms with van der Waals surface area (Å²) in [5.41, 5.74) is 1.45. The van der Waals surface area contributed by atoms with Crippen molar-refractivity contribution in [3.63, 3.8) is 0 Å². The van der Waals surface area contributed by atoms with E-state index < -0.39 is 46.9 Å². The Bertz CT molecular complexity index is 1850. The van der Waals surface area contributed by atoms with Gasteiger partial charge in [-0.1, -0.05) is 84.9 Å². The van der Waals surface area contributed by atoms with E-state index in [9.17, 15) is 29.4 Å². The molecule has 0 bridgehead atoms. The highest BCUT2D eigenvalue weighted by molar-refractivity contribution is 6.03. The van der Waals surface area contributed by atoms with Crippen LogP contribution in [0.3, 0.4) is 0 Å². The Labute approximate surface area is 295 Å². The number of carbonyl (C=O) groups excluding carboxylic acids is 4. The third-order valence-electron chi connectivity index (χ3n) is 8.54. The van der Waals surface area contributed by atoms with Crippen LogP contribution in [0.1, 0.15) is 38.8 Å². The van der Waals surface area contributed by atoms with Crippen LogP contribution in [0.2, 0.25) is 0 Å². The number of hydrogen-bond acceptors (Lipinski definition) is 9. The summed E-state index contributed by atoms with van der Waals surface area (Å²) >= 11 is 0. The van der Waals surface area contributed by atoms with Gasteiger partial charge in [0.1, 0.15) is 12.1 Å². The van der Waals surface area contributed by atoms with Gasteiger partial charge in [0.05, 0.1) is 11.4 Å². The van der Waals surface area contributed by atoms with Crippen molar-refractivity contribution in [1.82, 2.24) is 20.8 Å². The number of H-pyrrole nitrogens is 1. The molecule has 0 aliphatic carbocycles. The summed E-state index contributed by atoms with van der Waals surface area (Å²) in [4.78, 5) is 50.8. The minimum atomic E-state index is -1.87. The Morgan fingerprint density at radius 3 is 1.41 bits per heavy atom. The zero-order valence-corrected chi connectivity index (χ0v) is 28.6. The second kappa shape index (κ2) is 15.2. The first-order chi connectivity index (χ1) is 24.3. The zero-order valence-electron chi connectivity index (χ0n) is 28.6. The van der Waals surface area contributed by atoms with Gasteiger partial charge in [0.15, 0.2) is 11.2 Å². The Morgan fingerprint density at radius 1 is 0.608 bits per heavy atom. The molecule has 0 radical (unpaired) electrons. The van der Waals surface area contributed by atoms with E-state index in [4.69, 9.17) is 0 Å². The van der Waals surface area contributed by atoms with Crippen molar-refractivity contribution in [2.24, 2.45) is 0 Å². The summed E-state index contributed by atoms with van der Waals surface area (Å²) in [6.07, 6.45) is 0. The summed E-state index contributed by atoms with van der Waals surface area (Å²) < 4.78 is 0. The predicted molar refractivity (Wildman–Crippen MR) is 194 cm³/mol. The molecule has 0 spiro atoms. The van der Waals surface area contributed by atoms with Gasteiger partial charge < -0.3 is 20.8 Å². The summed E-state index contributed by atoms with van der Waals surface area (Å²) in [5, 5.41) is 39.6. The molecule has 1 aromatic heterocycles. The number of imide groups is 2. The van der Waals surface area contributed by atoms with Crippen LogP contribution in [-0.4, -0.2) is 56.1 Å². The highest BCUT2D eigenvalue weighted by Gasteiger charge is 2.35. The van der Waals surface area contributed by atoms with E-state index >= 15 is 0 Å². The van der Waals surface area contributed by atoms with Crippen LogP contribution in [0.15, 0.2) is 115 Å². The number of benzene rings is 4. The minimum Gasteiger partial charge on any atom is -0.376 e. The minimum absolute atomic E-state index is 0.375. The van der Waals surface area contributed by atoms with E-state index in [0.29, 0.717) is 28.2 Å². The molecule has 5 aromatic rings. The maximum atomic E-state index is 12.7. The summed E-state index contributed by atoms with van der Waals surface area (Å²) in [7, 11) is 0. The number of carbonyl (C=O) groups is 4. The molecular formula is C39H40N6O6. The van der Waals surface area contributed by atoms with Crippen LogP contribution in [0.4, 0.5) is 11.4 Å². The smallest absolute Gasteiger partial charge is 0.262 e. The fourth-order valence-corrected chi connectivity index (χ4v) is 5.20. The number of aromatic nitrogens is 2. The van der Waals surface area contributed by atoms with E-state index in [2.05, 4.69) is 31.5 Å². The third-order valence-corrected chi connectivity index (χ3v) is 8.54. The van der Waals surface area contributed by atoms with E-state index in [-0.39, 0.29) is 0 Å². The molecule has 4 amide bonds. The summed E-state index contributed by atoms with van der Waals surface area (Å²) in [6, 6.07) is 31.8. The van der Waals surface area contributed by atoms with Gasteiger partial charge in [-0.25, -0.2) is 0 Å². The maximum absolute atomic E-state index is 12.7. The van der Waals surface area contributed by atoms with Crippen LogP contribution < -0.4 is 21.3 Å². The van der Waals surface area contributed by atoms with E-state index in [1.165, 1.54) is 13.8 Å². The van der Waals surface area contributed by atoms with Crippen molar-refractivity contribution in [3.05, 3.63) is 126 Å². The van der Waals surface area contributed by atoms with Gasteiger partial charge in [0.25, 0.3) is 11.8 Å². The van der Waals surface area contributed by atoms with Crippen molar-refractivity contribution in [3.8, 4) is 22.5 Å². The number of nitrogens with one attached hydrogen (secondary N) is 5. The molecule has 0 aliphatic heterocycles. The van der Waals surface area contributed by atoms with Crippen molar-refractivity contribution in [2.75, 3.05) is 10.6 Å². The topological polar surface area (TPSA) is 186 Å². The van der Waals surface area contributed by atoms with Gasteiger partial charge in [-0.3, -0.25) is 34.9 Å². The molecular weight excluding hydrogens is 648 g/mol. The van der Waals surface area contributed by atoms with Crippen molar-refractivity contribution >= 4 is 35.0 Å². The van der Waals surface area contributed by atoms with Gasteiger partial charge >= 0.3 is 0 Å². The monoisotopic (exact) mass is 688 g/mol. The molecule has 4 atom stereocenters. The fraction of sp³-hybridized carbons (Fsp3) is 0.205. The Hall–Kier alpha value is -6.11. The lowest BCUT2D eigenvalue weighted by Crippen LogP contribution is -2.49. The number of aliphatic hydroxyl groups is 2. The van der Waals surface area contributed by atoms with Crippen LogP contribution >= 0.6 is 0 Å². The van der Waals surface area contributed by atoms with Gasteiger partial charge in [-0.05, 0) is 74.7 Å².